The van der Waals surface area contributed by atoms with Gasteiger partial charge in [0.15, 0.2) is 24.2 Å². The standard InChI is InChI=1S/C26H32N2O3/c1-5-6-7-8-12-27-26-21-17-28-13-11-19-15-24(30-3)25(31-4)16-20(19)22(28)14-18(21)9-10-23(26)29-2/h9-10,14-17H,5-8,11-13H2,1-4H3/p+1. The SMILES string of the molecule is CCCCCCNc1c(OC)ccc2cc3[n+](cc12)CCc1cc(OC)c(OC)cc1-3. The highest BCUT2D eigenvalue weighted by molar-refractivity contribution is 5.97. The minimum absolute atomic E-state index is 0.763. The van der Waals surface area contributed by atoms with E-state index in [2.05, 4.69) is 53.3 Å². The van der Waals surface area contributed by atoms with Crippen molar-refractivity contribution in [2.75, 3.05) is 33.2 Å². The molecule has 2 aromatic carbocycles. The normalized spacial score (nSPS) is 12.3. The van der Waals surface area contributed by atoms with Gasteiger partial charge in [0, 0.05) is 19.0 Å². The second kappa shape index (κ2) is 9.46. The molecule has 0 spiro atoms. The highest BCUT2D eigenvalue weighted by atomic mass is 16.5. The summed E-state index contributed by atoms with van der Waals surface area (Å²) in [6.45, 7) is 4.13. The molecule has 1 aliphatic rings. The Bertz CT molecular complexity index is 1080. The third-order valence-corrected chi connectivity index (χ3v) is 6.19. The first-order valence-corrected chi connectivity index (χ1v) is 11.2. The van der Waals surface area contributed by atoms with Crippen molar-refractivity contribution in [2.45, 2.75) is 45.6 Å². The Morgan fingerprint density at radius 3 is 2.42 bits per heavy atom. The quantitative estimate of drug-likeness (QED) is 0.373. The van der Waals surface area contributed by atoms with Gasteiger partial charge in [0.05, 0.1) is 38.0 Å². The van der Waals surface area contributed by atoms with Crippen molar-refractivity contribution in [2.24, 2.45) is 0 Å². The lowest BCUT2D eigenvalue weighted by Gasteiger charge is -2.19. The molecule has 1 aliphatic heterocycles. The number of hydrogen-bond acceptors (Lipinski definition) is 4. The molecule has 0 fully saturated rings. The third kappa shape index (κ3) is 4.14. The summed E-state index contributed by atoms with van der Waals surface area (Å²) < 4.78 is 19.1. The number of pyridine rings is 1. The summed E-state index contributed by atoms with van der Waals surface area (Å²) in [5, 5.41) is 6.05. The van der Waals surface area contributed by atoms with E-state index in [9.17, 15) is 0 Å². The van der Waals surface area contributed by atoms with Gasteiger partial charge in [-0.2, -0.15) is 4.57 Å². The Balaban J connectivity index is 1.75. The summed E-state index contributed by atoms with van der Waals surface area (Å²) in [5.74, 6) is 2.44. The highest BCUT2D eigenvalue weighted by Crippen LogP contribution is 2.39. The summed E-state index contributed by atoms with van der Waals surface area (Å²) in [7, 11) is 5.12. The molecule has 0 aliphatic carbocycles. The molecule has 164 valence electrons. The highest BCUT2D eigenvalue weighted by Gasteiger charge is 2.27. The van der Waals surface area contributed by atoms with Crippen LogP contribution in [0, 0.1) is 0 Å². The summed E-state index contributed by atoms with van der Waals surface area (Å²) in [6, 6.07) is 10.7. The predicted molar refractivity (Wildman–Crippen MR) is 126 cm³/mol. The molecule has 4 rings (SSSR count). The second-order valence-electron chi connectivity index (χ2n) is 8.10. The van der Waals surface area contributed by atoms with Crippen molar-refractivity contribution in [3.63, 3.8) is 0 Å². The Labute approximate surface area is 184 Å². The van der Waals surface area contributed by atoms with Crippen molar-refractivity contribution in [1.82, 2.24) is 0 Å². The van der Waals surface area contributed by atoms with Crippen LogP contribution in [0.4, 0.5) is 5.69 Å². The van der Waals surface area contributed by atoms with E-state index in [0.29, 0.717) is 0 Å². The van der Waals surface area contributed by atoms with Crippen LogP contribution in [-0.4, -0.2) is 27.9 Å². The van der Waals surface area contributed by atoms with Crippen molar-refractivity contribution >= 4 is 16.5 Å². The van der Waals surface area contributed by atoms with Crippen LogP contribution < -0.4 is 24.1 Å². The lowest BCUT2D eigenvalue weighted by atomic mass is 9.95. The van der Waals surface area contributed by atoms with Crippen LogP contribution in [0.3, 0.4) is 0 Å². The number of nitrogens with one attached hydrogen (secondary N) is 1. The Hall–Kier alpha value is -2.95. The van der Waals surface area contributed by atoms with E-state index in [4.69, 9.17) is 14.2 Å². The van der Waals surface area contributed by atoms with Gasteiger partial charge in [-0.05, 0) is 35.6 Å². The Morgan fingerprint density at radius 2 is 1.68 bits per heavy atom. The molecular weight excluding hydrogens is 388 g/mol. The van der Waals surface area contributed by atoms with Crippen LogP contribution in [-0.2, 0) is 13.0 Å². The van der Waals surface area contributed by atoms with Crippen LogP contribution in [0.25, 0.3) is 22.0 Å². The van der Waals surface area contributed by atoms with Crippen LogP contribution in [0.1, 0.15) is 38.2 Å². The number of ether oxygens (including phenoxy) is 3. The first-order chi connectivity index (χ1) is 15.2. The number of methoxy groups -OCH3 is 3. The number of benzene rings is 2. The van der Waals surface area contributed by atoms with Crippen molar-refractivity contribution in [1.29, 1.82) is 0 Å². The molecule has 5 nitrogen and oxygen atoms in total. The minimum atomic E-state index is 0.763. The average molecular weight is 422 g/mol. The number of hydrogen-bond donors (Lipinski definition) is 1. The van der Waals surface area contributed by atoms with Crippen LogP contribution in [0.15, 0.2) is 36.5 Å². The molecule has 3 aromatic rings. The summed E-state index contributed by atoms with van der Waals surface area (Å²) >= 11 is 0. The molecule has 0 saturated heterocycles. The fraction of sp³-hybridized carbons (Fsp3) is 0.423. The predicted octanol–water partition coefficient (Wildman–Crippen LogP) is 5.37. The molecule has 5 heteroatoms. The molecule has 0 saturated carbocycles. The number of unbranched alkanes of at least 4 members (excludes halogenated alkanes) is 3. The molecule has 31 heavy (non-hydrogen) atoms. The van der Waals surface area contributed by atoms with Gasteiger partial charge < -0.3 is 19.5 Å². The molecular formula is C26H33N2O3+. The Kier molecular flexibility index (Phi) is 6.50. The van der Waals surface area contributed by atoms with Crippen LogP contribution in [0.2, 0.25) is 0 Å². The van der Waals surface area contributed by atoms with Crippen molar-refractivity contribution < 1.29 is 18.8 Å². The number of nitrogens with zero attached hydrogens (tertiary/aromatic N) is 1. The summed E-state index contributed by atoms with van der Waals surface area (Å²) in [6.07, 6.45) is 8.18. The molecule has 1 N–H and O–H groups in total. The van der Waals surface area contributed by atoms with Crippen LogP contribution in [0.5, 0.6) is 17.2 Å². The van der Waals surface area contributed by atoms with E-state index >= 15 is 0 Å². The second-order valence-corrected chi connectivity index (χ2v) is 8.10. The zero-order chi connectivity index (χ0) is 21.8. The van der Waals surface area contributed by atoms with Gasteiger partial charge in [-0.25, -0.2) is 0 Å². The first-order valence-electron chi connectivity index (χ1n) is 11.2. The van der Waals surface area contributed by atoms with Gasteiger partial charge in [0.1, 0.15) is 5.75 Å². The molecule has 2 heterocycles. The van der Waals surface area contributed by atoms with Gasteiger partial charge in [-0.1, -0.05) is 32.3 Å². The van der Waals surface area contributed by atoms with E-state index in [-0.39, 0.29) is 0 Å². The zero-order valence-electron chi connectivity index (χ0n) is 19.1. The van der Waals surface area contributed by atoms with E-state index in [1.54, 1.807) is 21.3 Å². The van der Waals surface area contributed by atoms with E-state index in [1.165, 1.54) is 53.3 Å². The third-order valence-electron chi connectivity index (χ3n) is 6.19. The molecule has 0 unspecified atom stereocenters. The maximum absolute atomic E-state index is 5.69. The average Bonchev–Trinajstić information content (AvgIpc) is 2.81. The number of rotatable bonds is 9. The summed E-state index contributed by atoms with van der Waals surface area (Å²) in [5.41, 5.74) is 4.79. The zero-order valence-corrected chi connectivity index (χ0v) is 19.1. The van der Waals surface area contributed by atoms with E-state index in [1.807, 2.05) is 0 Å². The first kappa shape index (κ1) is 21.3. The van der Waals surface area contributed by atoms with Gasteiger partial charge in [0.2, 0.25) is 5.69 Å². The maximum atomic E-state index is 5.69. The van der Waals surface area contributed by atoms with Crippen molar-refractivity contribution in [3.05, 3.63) is 42.1 Å². The van der Waals surface area contributed by atoms with Crippen molar-refractivity contribution in [3.8, 4) is 28.5 Å². The maximum Gasteiger partial charge on any atom is 0.213 e. The monoisotopic (exact) mass is 421 g/mol. The van der Waals surface area contributed by atoms with E-state index in [0.717, 1.165) is 42.4 Å². The number of aromatic nitrogens is 1. The van der Waals surface area contributed by atoms with Gasteiger partial charge >= 0.3 is 0 Å². The number of aryl methyl sites for hydroxylation is 2. The molecule has 0 radical (unpaired) electrons. The topological polar surface area (TPSA) is 43.6 Å². The van der Waals surface area contributed by atoms with Gasteiger partial charge in [0.25, 0.3) is 0 Å². The fourth-order valence-electron chi connectivity index (χ4n) is 4.48. The summed E-state index contributed by atoms with van der Waals surface area (Å²) in [4.78, 5) is 0. The Morgan fingerprint density at radius 1 is 0.903 bits per heavy atom. The molecule has 0 atom stereocenters. The van der Waals surface area contributed by atoms with E-state index < -0.39 is 0 Å². The molecule has 0 amide bonds. The lowest BCUT2D eigenvalue weighted by Crippen LogP contribution is -2.40. The lowest BCUT2D eigenvalue weighted by molar-refractivity contribution is -0.686. The molecule has 0 bridgehead atoms. The minimum Gasteiger partial charge on any atom is -0.495 e. The molecule has 1 aromatic heterocycles. The van der Waals surface area contributed by atoms with Crippen LogP contribution >= 0.6 is 0 Å². The number of fused-ring (bicyclic) bond motifs is 4. The van der Waals surface area contributed by atoms with Gasteiger partial charge in [-0.3, -0.25) is 0 Å². The number of anilines is 1. The van der Waals surface area contributed by atoms with Gasteiger partial charge in [-0.15, -0.1) is 0 Å². The largest absolute Gasteiger partial charge is 0.495 e. The fourth-order valence-corrected chi connectivity index (χ4v) is 4.48. The smallest absolute Gasteiger partial charge is 0.213 e.